The van der Waals surface area contributed by atoms with Gasteiger partial charge in [-0.3, -0.25) is 0 Å². The van der Waals surface area contributed by atoms with Gasteiger partial charge in [0.05, 0.1) is 18.4 Å². The number of methoxy groups -OCH3 is 1. The molecule has 0 radical (unpaired) electrons. The number of rotatable bonds is 3. The lowest BCUT2D eigenvalue weighted by Gasteiger charge is -2.13. The zero-order valence-electron chi connectivity index (χ0n) is 12.1. The minimum absolute atomic E-state index is 0.0184. The van der Waals surface area contributed by atoms with E-state index in [2.05, 4.69) is 9.97 Å². The highest BCUT2D eigenvalue weighted by molar-refractivity contribution is 7.98. The summed E-state index contributed by atoms with van der Waals surface area (Å²) in [6.07, 6.45) is 7.93. The van der Waals surface area contributed by atoms with Gasteiger partial charge in [-0.05, 0) is 30.6 Å². The largest absolute Gasteiger partial charge is 0.506 e. The quantitative estimate of drug-likeness (QED) is 0.516. The fraction of sp³-hybridized carbons (Fsp3) is 0.467. The van der Waals surface area contributed by atoms with E-state index in [4.69, 9.17) is 4.74 Å². The van der Waals surface area contributed by atoms with E-state index in [9.17, 15) is 9.90 Å². The summed E-state index contributed by atoms with van der Waals surface area (Å²) < 4.78 is 4.87. The smallest absolute Gasteiger partial charge is 0.342 e. The van der Waals surface area contributed by atoms with E-state index < -0.39 is 5.97 Å². The molecule has 2 N–H and O–H groups in total. The molecular formula is C15H18N2O3S. The van der Waals surface area contributed by atoms with Gasteiger partial charge >= 0.3 is 5.97 Å². The normalized spacial score (nSPS) is 15.7. The molecule has 0 spiro atoms. The number of nitrogens with zero attached hydrogens (tertiary/aromatic N) is 1. The van der Waals surface area contributed by atoms with Gasteiger partial charge in [-0.25, -0.2) is 9.78 Å². The highest BCUT2D eigenvalue weighted by atomic mass is 32.2. The summed E-state index contributed by atoms with van der Waals surface area (Å²) in [5, 5.41) is 11.2. The van der Waals surface area contributed by atoms with Crippen molar-refractivity contribution in [2.24, 2.45) is 0 Å². The van der Waals surface area contributed by atoms with E-state index in [1.807, 2.05) is 6.26 Å². The second-order valence-electron chi connectivity index (χ2n) is 5.29. The number of H-pyrrole nitrogens is 1. The first-order valence-corrected chi connectivity index (χ1v) is 8.25. The summed E-state index contributed by atoms with van der Waals surface area (Å²) in [7, 11) is 1.34. The summed E-state index contributed by atoms with van der Waals surface area (Å²) in [5.74, 6) is -0.212. The standard InChI is InChI=1S/C15H18N2O3S/c1-20-14(19)11-10(8-5-3-4-6-8)12-9(13(11)18)7-16-15(17-12)21-2/h7-8,18H,3-6H2,1-2H3,(H,16,17). The molecule has 3 rings (SSSR count). The van der Waals surface area contributed by atoms with Crippen LogP contribution in [0.3, 0.4) is 0 Å². The Bertz CT molecular complexity index is 647. The van der Waals surface area contributed by atoms with Crippen LogP contribution in [-0.2, 0) is 4.74 Å². The van der Waals surface area contributed by atoms with Gasteiger partial charge in [0.25, 0.3) is 0 Å². The Kier molecular flexibility index (Phi) is 3.80. The van der Waals surface area contributed by atoms with E-state index in [0.717, 1.165) is 42.1 Å². The van der Waals surface area contributed by atoms with Crippen molar-refractivity contribution in [3.63, 3.8) is 0 Å². The molecule has 3 aliphatic rings. The Hall–Kier alpha value is -1.69. The van der Waals surface area contributed by atoms with Crippen LogP contribution in [0, 0.1) is 0 Å². The van der Waals surface area contributed by atoms with Crippen molar-refractivity contribution in [3.05, 3.63) is 17.3 Å². The summed E-state index contributed by atoms with van der Waals surface area (Å²) in [4.78, 5) is 19.6. The van der Waals surface area contributed by atoms with Gasteiger partial charge in [0, 0.05) is 6.20 Å². The number of hydrogen-bond acceptors (Lipinski definition) is 5. The molecule has 0 aromatic rings. The molecule has 0 unspecified atom stereocenters. The molecule has 2 aliphatic carbocycles. The second-order valence-corrected chi connectivity index (χ2v) is 6.09. The van der Waals surface area contributed by atoms with Crippen LogP contribution >= 0.6 is 11.8 Å². The van der Waals surface area contributed by atoms with E-state index in [0.29, 0.717) is 11.1 Å². The predicted molar refractivity (Wildman–Crippen MR) is 81.2 cm³/mol. The van der Waals surface area contributed by atoms with E-state index in [1.54, 1.807) is 6.20 Å². The summed E-state index contributed by atoms with van der Waals surface area (Å²) in [6.45, 7) is 0. The Balaban J connectivity index is 2.26. The number of aromatic hydroxyl groups is 1. The van der Waals surface area contributed by atoms with Gasteiger partial charge in [0.2, 0.25) is 0 Å². The van der Waals surface area contributed by atoms with Crippen LogP contribution in [0.2, 0.25) is 0 Å². The van der Waals surface area contributed by atoms with Gasteiger partial charge in [0.1, 0.15) is 11.3 Å². The molecule has 0 bridgehead atoms. The van der Waals surface area contributed by atoms with Crippen molar-refractivity contribution < 1.29 is 14.6 Å². The van der Waals surface area contributed by atoms with E-state index in [1.165, 1.54) is 18.9 Å². The minimum atomic E-state index is -0.482. The summed E-state index contributed by atoms with van der Waals surface area (Å²) in [5.41, 5.74) is 2.61. The molecule has 6 heteroatoms. The molecule has 1 heterocycles. The summed E-state index contributed by atoms with van der Waals surface area (Å²) >= 11 is 1.50. The maximum atomic E-state index is 12.1. The molecule has 1 saturated carbocycles. The number of aromatic amines is 1. The molecule has 1 aliphatic heterocycles. The second kappa shape index (κ2) is 5.60. The van der Waals surface area contributed by atoms with Crippen molar-refractivity contribution in [2.45, 2.75) is 36.8 Å². The fourth-order valence-electron chi connectivity index (χ4n) is 3.21. The zero-order valence-corrected chi connectivity index (χ0v) is 12.9. The van der Waals surface area contributed by atoms with Crippen LogP contribution in [0.15, 0.2) is 11.4 Å². The molecule has 21 heavy (non-hydrogen) atoms. The van der Waals surface area contributed by atoms with Crippen molar-refractivity contribution in [1.29, 1.82) is 0 Å². The van der Waals surface area contributed by atoms with Crippen LogP contribution in [-0.4, -0.2) is 34.4 Å². The van der Waals surface area contributed by atoms with Gasteiger partial charge < -0.3 is 14.8 Å². The van der Waals surface area contributed by atoms with Crippen LogP contribution in [0.1, 0.15) is 47.5 Å². The fourth-order valence-corrected chi connectivity index (χ4v) is 3.57. The maximum absolute atomic E-state index is 12.1. The van der Waals surface area contributed by atoms with Crippen molar-refractivity contribution in [3.8, 4) is 17.0 Å². The first-order chi connectivity index (χ1) is 10.2. The molecular weight excluding hydrogens is 288 g/mol. The predicted octanol–water partition coefficient (Wildman–Crippen LogP) is 3.39. The number of carbonyl (C=O) groups is 1. The molecule has 112 valence electrons. The maximum Gasteiger partial charge on any atom is 0.342 e. The average Bonchev–Trinajstić information content (AvgIpc) is 3.12. The van der Waals surface area contributed by atoms with Crippen molar-refractivity contribution in [1.82, 2.24) is 9.97 Å². The number of thioether (sulfide) groups is 1. The lowest BCUT2D eigenvalue weighted by molar-refractivity contribution is 0.0596. The first-order valence-electron chi connectivity index (χ1n) is 7.03. The summed E-state index contributed by atoms with van der Waals surface area (Å²) in [6, 6.07) is 0. The topological polar surface area (TPSA) is 75.2 Å². The van der Waals surface area contributed by atoms with E-state index >= 15 is 0 Å². The van der Waals surface area contributed by atoms with Gasteiger partial charge in [-0.2, -0.15) is 0 Å². The van der Waals surface area contributed by atoms with Crippen LogP contribution in [0.4, 0.5) is 0 Å². The zero-order chi connectivity index (χ0) is 15.0. The van der Waals surface area contributed by atoms with Gasteiger partial charge in [0.15, 0.2) is 5.16 Å². The number of ether oxygens (including phenoxy) is 1. The number of hydrogen-bond donors (Lipinski definition) is 2. The number of esters is 1. The highest BCUT2D eigenvalue weighted by Gasteiger charge is 2.34. The Morgan fingerprint density at radius 1 is 1.48 bits per heavy atom. The molecule has 5 nitrogen and oxygen atoms in total. The molecule has 0 aromatic heterocycles. The number of nitrogens with one attached hydrogen (secondary N) is 1. The van der Waals surface area contributed by atoms with Gasteiger partial charge in [-0.1, -0.05) is 24.6 Å². The number of fused-ring (bicyclic) bond motifs is 1. The average molecular weight is 306 g/mol. The Morgan fingerprint density at radius 2 is 2.19 bits per heavy atom. The van der Waals surface area contributed by atoms with Gasteiger partial charge in [-0.15, -0.1) is 0 Å². The SMILES string of the molecule is COC(=O)c1c(O)c2cnc(SC)[nH]c-2c1C1CCCC1. The molecule has 0 aromatic carbocycles. The lowest BCUT2D eigenvalue weighted by atomic mass is 9.95. The van der Waals surface area contributed by atoms with Crippen LogP contribution in [0.5, 0.6) is 5.75 Å². The molecule has 1 fully saturated rings. The number of carbonyl (C=O) groups excluding carboxylic acids is 1. The number of aromatic nitrogens is 2. The van der Waals surface area contributed by atoms with Crippen LogP contribution < -0.4 is 0 Å². The van der Waals surface area contributed by atoms with Crippen LogP contribution in [0.25, 0.3) is 11.3 Å². The molecule has 0 saturated heterocycles. The Morgan fingerprint density at radius 3 is 2.81 bits per heavy atom. The lowest BCUT2D eigenvalue weighted by Crippen LogP contribution is -2.06. The highest BCUT2D eigenvalue weighted by Crippen LogP contribution is 2.48. The monoisotopic (exact) mass is 306 g/mol. The molecule has 0 atom stereocenters. The molecule has 0 amide bonds. The third-order valence-corrected chi connectivity index (χ3v) is 4.78. The minimum Gasteiger partial charge on any atom is -0.506 e. The third kappa shape index (κ3) is 2.27. The van der Waals surface area contributed by atoms with Crippen molar-refractivity contribution >= 4 is 17.7 Å². The van der Waals surface area contributed by atoms with E-state index in [-0.39, 0.29) is 11.7 Å². The first kappa shape index (κ1) is 14.3. The van der Waals surface area contributed by atoms with Crippen molar-refractivity contribution in [2.75, 3.05) is 13.4 Å². The third-order valence-electron chi connectivity index (χ3n) is 4.19. The Labute approximate surface area is 127 Å².